The number of hydrogen-bond acceptors (Lipinski definition) is 3. The number of nitrogens with zero attached hydrogens (tertiary/aromatic N) is 1. The number of aldehydes is 1. The minimum absolute atomic E-state index is 0.0230. The van der Waals surface area contributed by atoms with Gasteiger partial charge in [0, 0.05) is 10.9 Å². The first-order valence-electron chi connectivity index (χ1n) is 6.97. The predicted octanol–water partition coefficient (Wildman–Crippen LogP) is 4.67. The molecule has 24 heavy (non-hydrogen) atoms. The summed E-state index contributed by atoms with van der Waals surface area (Å²) in [5.74, 6) is -0.854. The standard InChI is InChI=1S/C11H9NO2.C7H4Cl2O/c13-11(14)7-9-6-5-8-3-1-2-4-10(8)12-9;8-6-3-1-2-5(4-10)7(6)9/h1-6H,7H2,(H,13,14);1-4H. The molecule has 3 rings (SSSR count). The number of halogens is 2. The third kappa shape index (κ3) is 4.78. The molecule has 0 spiro atoms. The largest absolute Gasteiger partial charge is 0.481 e. The van der Waals surface area contributed by atoms with Gasteiger partial charge in [0.2, 0.25) is 0 Å². The van der Waals surface area contributed by atoms with Crippen LogP contribution in [0.2, 0.25) is 10.0 Å². The normalized spacial score (nSPS) is 9.92. The van der Waals surface area contributed by atoms with E-state index in [1.807, 2.05) is 30.3 Å². The molecular weight excluding hydrogens is 349 g/mol. The second-order valence-electron chi connectivity index (χ2n) is 4.83. The van der Waals surface area contributed by atoms with E-state index in [2.05, 4.69) is 4.98 Å². The second-order valence-corrected chi connectivity index (χ2v) is 5.61. The maximum Gasteiger partial charge on any atom is 0.309 e. The van der Waals surface area contributed by atoms with E-state index in [1.165, 1.54) is 0 Å². The van der Waals surface area contributed by atoms with E-state index in [0.29, 0.717) is 27.6 Å². The Morgan fingerprint density at radius 1 is 1.04 bits per heavy atom. The van der Waals surface area contributed by atoms with Crippen LogP contribution in [0.25, 0.3) is 10.9 Å². The molecule has 0 saturated carbocycles. The maximum absolute atomic E-state index is 10.5. The zero-order chi connectivity index (χ0) is 17.5. The lowest BCUT2D eigenvalue weighted by Gasteiger charge is -1.99. The van der Waals surface area contributed by atoms with Crippen LogP contribution in [0.3, 0.4) is 0 Å². The van der Waals surface area contributed by atoms with Crippen molar-refractivity contribution in [3.8, 4) is 0 Å². The van der Waals surface area contributed by atoms with Gasteiger partial charge in [-0.15, -0.1) is 0 Å². The Bertz CT molecular complexity index is 881. The number of rotatable bonds is 3. The van der Waals surface area contributed by atoms with E-state index in [9.17, 15) is 9.59 Å². The van der Waals surface area contributed by atoms with E-state index in [0.717, 1.165) is 10.9 Å². The number of carbonyl (C=O) groups is 2. The van der Waals surface area contributed by atoms with Crippen molar-refractivity contribution in [2.24, 2.45) is 0 Å². The van der Waals surface area contributed by atoms with Crippen molar-refractivity contribution in [3.63, 3.8) is 0 Å². The van der Waals surface area contributed by atoms with Crippen molar-refractivity contribution >= 4 is 46.4 Å². The Morgan fingerprint density at radius 2 is 1.79 bits per heavy atom. The van der Waals surface area contributed by atoms with Gasteiger partial charge in [0.1, 0.15) is 0 Å². The number of para-hydroxylation sites is 1. The van der Waals surface area contributed by atoms with E-state index >= 15 is 0 Å². The summed E-state index contributed by atoms with van der Waals surface area (Å²) in [5, 5.41) is 10.4. The fourth-order valence-electron chi connectivity index (χ4n) is 1.97. The van der Waals surface area contributed by atoms with Crippen LogP contribution in [0.5, 0.6) is 0 Å². The van der Waals surface area contributed by atoms with Crippen molar-refractivity contribution in [2.75, 3.05) is 0 Å². The highest BCUT2D eigenvalue weighted by Crippen LogP contribution is 2.23. The number of fused-ring (bicyclic) bond motifs is 1. The molecule has 0 atom stereocenters. The number of benzene rings is 2. The van der Waals surface area contributed by atoms with Crippen molar-refractivity contribution < 1.29 is 14.7 Å². The van der Waals surface area contributed by atoms with E-state index in [4.69, 9.17) is 28.3 Å². The molecule has 0 bridgehead atoms. The molecule has 2 aromatic carbocycles. The highest BCUT2D eigenvalue weighted by molar-refractivity contribution is 6.43. The highest BCUT2D eigenvalue weighted by atomic mass is 35.5. The first-order valence-corrected chi connectivity index (χ1v) is 7.72. The third-order valence-corrected chi connectivity index (χ3v) is 3.93. The van der Waals surface area contributed by atoms with Crippen LogP contribution in [0.15, 0.2) is 54.6 Å². The summed E-state index contributed by atoms with van der Waals surface area (Å²) < 4.78 is 0. The predicted molar refractivity (Wildman–Crippen MR) is 94.9 cm³/mol. The molecular formula is C18H13Cl2NO3. The second kappa shape index (κ2) is 8.43. The zero-order valence-electron chi connectivity index (χ0n) is 12.4. The van der Waals surface area contributed by atoms with Crippen LogP contribution >= 0.6 is 23.2 Å². The topological polar surface area (TPSA) is 67.3 Å². The Hall–Kier alpha value is -2.43. The minimum atomic E-state index is -0.854. The van der Waals surface area contributed by atoms with Gasteiger partial charge in [0.15, 0.2) is 6.29 Å². The van der Waals surface area contributed by atoms with Crippen molar-refractivity contribution in [2.45, 2.75) is 6.42 Å². The van der Waals surface area contributed by atoms with Crippen LogP contribution in [0.4, 0.5) is 0 Å². The number of pyridine rings is 1. The first-order chi connectivity index (χ1) is 11.5. The van der Waals surface area contributed by atoms with Gasteiger partial charge in [-0.3, -0.25) is 14.6 Å². The molecule has 0 radical (unpaired) electrons. The molecule has 0 aliphatic carbocycles. The first kappa shape index (κ1) is 17.9. The Balaban J connectivity index is 0.000000185. The van der Waals surface area contributed by atoms with E-state index in [-0.39, 0.29) is 6.42 Å². The lowest BCUT2D eigenvalue weighted by molar-refractivity contribution is -0.136. The smallest absolute Gasteiger partial charge is 0.309 e. The lowest BCUT2D eigenvalue weighted by Crippen LogP contribution is -2.01. The van der Waals surface area contributed by atoms with Gasteiger partial charge in [-0.25, -0.2) is 0 Å². The van der Waals surface area contributed by atoms with Gasteiger partial charge in [0.25, 0.3) is 0 Å². The minimum Gasteiger partial charge on any atom is -0.481 e. The molecule has 0 unspecified atom stereocenters. The number of aromatic nitrogens is 1. The van der Waals surface area contributed by atoms with E-state index in [1.54, 1.807) is 24.3 Å². The molecule has 4 nitrogen and oxygen atoms in total. The SMILES string of the molecule is O=C(O)Cc1ccc2ccccc2n1.O=Cc1cccc(Cl)c1Cl. The summed E-state index contributed by atoms with van der Waals surface area (Å²) >= 11 is 11.2. The van der Waals surface area contributed by atoms with Crippen molar-refractivity contribution in [1.29, 1.82) is 0 Å². The summed E-state index contributed by atoms with van der Waals surface area (Å²) in [7, 11) is 0. The van der Waals surface area contributed by atoms with Gasteiger partial charge in [-0.2, -0.15) is 0 Å². The van der Waals surface area contributed by atoms with Gasteiger partial charge in [0.05, 0.1) is 27.7 Å². The molecule has 122 valence electrons. The maximum atomic E-state index is 10.5. The Kier molecular flexibility index (Phi) is 6.29. The van der Waals surface area contributed by atoms with Gasteiger partial charge in [-0.05, 0) is 18.2 Å². The zero-order valence-corrected chi connectivity index (χ0v) is 14.0. The molecule has 6 heteroatoms. The monoisotopic (exact) mass is 361 g/mol. The van der Waals surface area contributed by atoms with Crippen LogP contribution in [0, 0.1) is 0 Å². The van der Waals surface area contributed by atoms with Crippen LogP contribution in [-0.4, -0.2) is 22.3 Å². The van der Waals surface area contributed by atoms with Crippen molar-refractivity contribution in [3.05, 3.63) is 75.9 Å². The molecule has 1 aromatic heterocycles. The summed E-state index contributed by atoms with van der Waals surface area (Å²) in [4.78, 5) is 24.9. The number of hydrogen-bond donors (Lipinski definition) is 1. The number of carboxylic acid groups (broad SMARTS) is 1. The molecule has 1 N–H and O–H groups in total. The molecule has 0 amide bonds. The summed E-state index contributed by atoms with van der Waals surface area (Å²) in [6, 6.07) is 16.2. The van der Waals surface area contributed by atoms with Crippen LogP contribution < -0.4 is 0 Å². The number of carbonyl (C=O) groups excluding carboxylic acids is 1. The molecule has 0 aliphatic heterocycles. The number of carboxylic acids is 1. The number of aliphatic carboxylic acids is 1. The average molecular weight is 362 g/mol. The average Bonchev–Trinajstić information content (AvgIpc) is 2.57. The third-order valence-electron chi connectivity index (χ3n) is 3.10. The molecule has 0 fully saturated rings. The van der Waals surface area contributed by atoms with Crippen LogP contribution in [0.1, 0.15) is 16.1 Å². The van der Waals surface area contributed by atoms with Crippen LogP contribution in [-0.2, 0) is 11.2 Å². The fourth-order valence-corrected chi connectivity index (χ4v) is 2.33. The van der Waals surface area contributed by atoms with Gasteiger partial charge in [-0.1, -0.05) is 59.6 Å². The highest BCUT2D eigenvalue weighted by Gasteiger charge is 2.02. The summed E-state index contributed by atoms with van der Waals surface area (Å²) in [6.45, 7) is 0. The Morgan fingerprint density at radius 3 is 2.46 bits per heavy atom. The van der Waals surface area contributed by atoms with Gasteiger partial charge < -0.3 is 5.11 Å². The molecule has 0 aliphatic rings. The van der Waals surface area contributed by atoms with Crippen molar-refractivity contribution in [1.82, 2.24) is 4.98 Å². The fraction of sp³-hybridized carbons (Fsp3) is 0.0556. The lowest BCUT2D eigenvalue weighted by atomic mass is 10.2. The molecule has 1 heterocycles. The molecule has 3 aromatic rings. The quantitative estimate of drug-likeness (QED) is 0.688. The molecule has 0 saturated heterocycles. The van der Waals surface area contributed by atoms with E-state index < -0.39 is 5.97 Å². The summed E-state index contributed by atoms with van der Waals surface area (Å²) in [5.41, 5.74) is 1.86. The summed E-state index contributed by atoms with van der Waals surface area (Å²) in [6.07, 6.45) is 0.652. The Labute approximate surface area is 148 Å². The van der Waals surface area contributed by atoms with Gasteiger partial charge >= 0.3 is 5.97 Å².